The summed E-state index contributed by atoms with van der Waals surface area (Å²) in [6.07, 6.45) is -0.680. The van der Waals surface area contributed by atoms with Gasteiger partial charge in [0.05, 0.1) is 36.5 Å². The molecular formula is C30H24Cl2N4O6. The Bertz CT molecular complexity index is 1600. The molecule has 2 fully saturated rings. The minimum atomic E-state index is -1.47. The van der Waals surface area contributed by atoms with Crippen LogP contribution in [0.4, 0.5) is 15.3 Å². The summed E-state index contributed by atoms with van der Waals surface area (Å²) in [7, 11) is 2.80. The minimum absolute atomic E-state index is 0.0690. The van der Waals surface area contributed by atoms with Crippen LogP contribution in [-0.4, -0.2) is 66.6 Å². The van der Waals surface area contributed by atoms with Gasteiger partial charge in [0.25, 0.3) is 5.91 Å². The second kappa shape index (κ2) is 11.4. The molecule has 2 heterocycles. The van der Waals surface area contributed by atoms with E-state index in [2.05, 4.69) is 6.07 Å². The summed E-state index contributed by atoms with van der Waals surface area (Å²) in [6.45, 7) is -0.148. The van der Waals surface area contributed by atoms with Crippen LogP contribution >= 0.6 is 23.2 Å². The van der Waals surface area contributed by atoms with E-state index in [1.54, 1.807) is 48.5 Å². The van der Waals surface area contributed by atoms with E-state index in [1.165, 1.54) is 42.2 Å². The second-order valence-corrected chi connectivity index (χ2v) is 10.8. The number of rotatable bonds is 5. The molecule has 10 nitrogen and oxygen atoms in total. The molecule has 2 aliphatic rings. The molecule has 2 aliphatic heterocycles. The molecule has 3 aromatic carbocycles. The lowest BCUT2D eigenvalue weighted by molar-refractivity contribution is -0.124. The molecule has 0 saturated carbocycles. The summed E-state index contributed by atoms with van der Waals surface area (Å²) in [4.78, 5) is 56.6. The highest BCUT2D eigenvalue weighted by Crippen LogP contribution is 2.46. The third-order valence-electron chi connectivity index (χ3n) is 7.60. The van der Waals surface area contributed by atoms with Gasteiger partial charge < -0.3 is 19.3 Å². The fraction of sp³-hybridized carbons (Fsp3) is 0.233. The highest BCUT2D eigenvalue weighted by Gasteiger charge is 2.65. The number of hydrogen-bond donors (Lipinski definition) is 0. The molecule has 2 atom stereocenters. The van der Waals surface area contributed by atoms with Crippen molar-refractivity contribution in [2.45, 2.75) is 18.1 Å². The molecule has 0 aliphatic carbocycles. The van der Waals surface area contributed by atoms with Crippen LogP contribution in [0.1, 0.15) is 33.0 Å². The fourth-order valence-electron chi connectivity index (χ4n) is 5.44. The van der Waals surface area contributed by atoms with Gasteiger partial charge in [-0.05, 0) is 53.6 Å². The molecule has 0 bridgehead atoms. The summed E-state index contributed by atoms with van der Waals surface area (Å²) in [5.41, 5.74) is 0.834. The Hall–Kier alpha value is -4.59. The first kappa shape index (κ1) is 28.9. The Kier molecular flexibility index (Phi) is 7.82. The van der Waals surface area contributed by atoms with E-state index < -0.39 is 35.5 Å². The van der Waals surface area contributed by atoms with Gasteiger partial charge in [-0.2, -0.15) is 5.26 Å². The third kappa shape index (κ3) is 5.02. The zero-order valence-electron chi connectivity index (χ0n) is 22.5. The molecular weight excluding hydrogens is 583 g/mol. The van der Waals surface area contributed by atoms with Crippen LogP contribution in [0.5, 0.6) is 0 Å². The zero-order chi connectivity index (χ0) is 30.2. The smallest absolute Gasteiger partial charge is 0.410 e. The van der Waals surface area contributed by atoms with Crippen molar-refractivity contribution >= 4 is 52.9 Å². The van der Waals surface area contributed by atoms with Crippen LogP contribution in [0.2, 0.25) is 10.0 Å². The summed E-state index contributed by atoms with van der Waals surface area (Å²) >= 11 is 12.4. The number of halogens is 2. The Morgan fingerprint density at radius 1 is 1.02 bits per heavy atom. The van der Waals surface area contributed by atoms with Crippen molar-refractivity contribution in [1.29, 1.82) is 5.26 Å². The maximum absolute atomic E-state index is 14.2. The summed E-state index contributed by atoms with van der Waals surface area (Å²) in [6, 6.07) is 19.0. The molecule has 0 radical (unpaired) electrons. The minimum Gasteiger partial charge on any atom is -0.465 e. The van der Waals surface area contributed by atoms with Crippen LogP contribution in [0.15, 0.2) is 66.7 Å². The molecule has 1 spiro atoms. The molecule has 2 saturated heterocycles. The average molecular weight is 607 g/mol. The first-order chi connectivity index (χ1) is 20.1. The van der Waals surface area contributed by atoms with Crippen LogP contribution in [0, 0.1) is 11.3 Å². The number of esters is 1. The molecule has 42 heavy (non-hydrogen) atoms. The number of urea groups is 1. The van der Waals surface area contributed by atoms with Gasteiger partial charge in [-0.25, -0.2) is 19.3 Å². The van der Waals surface area contributed by atoms with Gasteiger partial charge in [-0.15, -0.1) is 0 Å². The topological polar surface area (TPSA) is 120 Å². The van der Waals surface area contributed by atoms with E-state index in [0.29, 0.717) is 22.3 Å². The normalized spacial score (nSPS) is 19.8. The lowest BCUT2D eigenvalue weighted by atomic mass is 9.80. The molecule has 0 unspecified atom stereocenters. The molecule has 4 amide bonds. The van der Waals surface area contributed by atoms with Gasteiger partial charge in [-0.1, -0.05) is 47.5 Å². The van der Waals surface area contributed by atoms with Gasteiger partial charge in [0, 0.05) is 29.6 Å². The number of carbonyl (C=O) groups is 4. The average Bonchev–Trinajstić information content (AvgIpc) is 3.48. The molecule has 0 N–H and O–H groups in total. The number of nitriles is 1. The first-order valence-electron chi connectivity index (χ1n) is 12.8. The number of anilines is 1. The van der Waals surface area contributed by atoms with E-state index in [1.807, 2.05) is 0 Å². The number of likely N-dealkylation sites (N-methyl/N-ethyl adjacent to an activating group) is 1. The number of imide groups is 1. The van der Waals surface area contributed by atoms with Crippen molar-refractivity contribution in [1.82, 2.24) is 9.80 Å². The van der Waals surface area contributed by atoms with Crippen molar-refractivity contribution in [2.24, 2.45) is 0 Å². The molecule has 214 valence electrons. The maximum atomic E-state index is 14.2. The van der Waals surface area contributed by atoms with Gasteiger partial charge in [0.1, 0.15) is 12.1 Å². The highest BCUT2D eigenvalue weighted by atomic mass is 35.5. The van der Waals surface area contributed by atoms with Crippen molar-refractivity contribution in [3.63, 3.8) is 0 Å². The Morgan fingerprint density at radius 3 is 2.26 bits per heavy atom. The van der Waals surface area contributed by atoms with E-state index in [9.17, 15) is 24.4 Å². The largest absolute Gasteiger partial charge is 0.465 e. The van der Waals surface area contributed by atoms with E-state index in [4.69, 9.17) is 32.7 Å². The van der Waals surface area contributed by atoms with E-state index in [-0.39, 0.29) is 35.4 Å². The van der Waals surface area contributed by atoms with Gasteiger partial charge >= 0.3 is 18.1 Å². The van der Waals surface area contributed by atoms with Crippen molar-refractivity contribution < 1.29 is 28.7 Å². The molecule has 0 aromatic heterocycles. The van der Waals surface area contributed by atoms with Crippen LogP contribution in [0.25, 0.3) is 0 Å². The number of ether oxygens (including phenoxy) is 2. The lowest BCUT2D eigenvalue weighted by Gasteiger charge is -2.33. The van der Waals surface area contributed by atoms with Crippen LogP contribution in [-0.2, 0) is 20.9 Å². The summed E-state index contributed by atoms with van der Waals surface area (Å²) in [5, 5.41) is 9.77. The van der Waals surface area contributed by atoms with Gasteiger partial charge in [-0.3, -0.25) is 4.79 Å². The number of methoxy groups -OCH3 is 1. The Balaban J connectivity index is 1.45. The van der Waals surface area contributed by atoms with E-state index in [0.717, 1.165) is 4.90 Å². The van der Waals surface area contributed by atoms with Crippen LogP contribution < -0.4 is 4.90 Å². The Morgan fingerprint density at radius 2 is 1.67 bits per heavy atom. The standard InChI is InChI=1S/C30H24Cl2N4O6/c1-34-28(39)36(24-12-22(31)11-23(32)13-24)27(38)30(34)17-35(15-25(30)20-7-3-18(14-33)4-8-20)29(40)42-16-19-5-9-21(10-6-19)26(37)41-2/h3-13,25H,15-17H2,1-2H3/t25-,30+/m0/s1. The predicted octanol–water partition coefficient (Wildman–Crippen LogP) is 5.23. The lowest BCUT2D eigenvalue weighted by Crippen LogP contribution is -2.54. The number of likely N-dealkylation sites (tertiary alicyclic amines) is 1. The number of nitrogens with zero attached hydrogens (tertiary/aromatic N) is 4. The highest BCUT2D eigenvalue weighted by molar-refractivity contribution is 6.35. The SMILES string of the molecule is COC(=O)c1ccc(COC(=O)N2C[C@@H](c3ccc(C#N)cc3)[C@]3(C2)C(=O)N(c2cc(Cl)cc(Cl)c2)C(=O)N3C)cc1. The zero-order valence-corrected chi connectivity index (χ0v) is 24.1. The number of hydrogen-bond acceptors (Lipinski definition) is 7. The first-order valence-corrected chi connectivity index (χ1v) is 13.5. The molecule has 3 aromatic rings. The third-order valence-corrected chi connectivity index (χ3v) is 8.04. The quantitative estimate of drug-likeness (QED) is 0.288. The number of amides is 4. The van der Waals surface area contributed by atoms with E-state index >= 15 is 0 Å². The Labute approximate surface area is 251 Å². The second-order valence-electron chi connectivity index (χ2n) is 9.94. The van der Waals surface area contributed by atoms with Crippen molar-refractivity contribution in [3.8, 4) is 6.07 Å². The predicted molar refractivity (Wildman–Crippen MR) is 153 cm³/mol. The molecule has 12 heteroatoms. The molecule has 5 rings (SSSR count). The van der Waals surface area contributed by atoms with Crippen LogP contribution in [0.3, 0.4) is 0 Å². The maximum Gasteiger partial charge on any atom is 0.410 e. The van der Waals surface area contributed by atoms with Gasteiger partial charge in [0.2, 0.25) is 0 Å². The number of benzene rings is 3. The fourth-order valence-corrected chi connectivity index (χ4v) is 5.95. The summed E-state index contributed by atoms with van der Waals surface area (Å²) < 4.78 is 10.3. The monoisotopic (exact) mass is 606 g/mol. The van der Waals surface area contributed by atoms with Crippen molar-refractivity contribution in [2.75, 3.05) is 32.1 Å². The number of carbonyl (C=O) groups excluding carboxylic acids is 4. The van der Waals surface area contributed by atoms with Gasteiger partial charge in [0.15, 0.2) is 0 Å². The summed E-state index contributed by atoms with van der Waals surface area (Å²) in [5.74, 6) is -1.67. The van der Waals surface area contributed by atoms with Crippen molar-refractivity contribution in [3.05, 3.63) is 99.0 Å².